The summed E-state index contributed by atoms with van der Waals surface area (Å²) in [5.41, 5.74) is 8.78. The number of pyridine rings is 3. The third-order valence-corrected chi connectivity index (χ3v) is 8.54. The molecular formula is C39H24N4. The van der Waals surface area contributed by atoms with Crippen molar-refractivity contribution in [3.05, 3.63) is 146 Å². The van der Waals surface area contributed by atoms with E-state index >= 15 is 0 Å². The summed E-state index contributed by atoms with van der Waals surface area (Å²) in [6.07, 6.45) is 9.71. The standard InChI is InChI=1S/C39H24N4/c1-3-11-31-26(8-1)21-40-23-34(31)28-18-29(35-24-41-22-27-9-2-4-12-32(27)35)20-30(19-28)43-36-14-6-5-13-33(36)38-37(43)16-15-25-10-7-17-42-39(25)38/h1-24H. The third kappa shape index (κ3) is 3.67. The number of hydrogen-bond acceptors (Lipinski definition) is 3. The van der Waals surface area contributed by atoms with Gasteiger partial charge in [0.25, 0.3) is 0 Å². The Labute approximate surface area is 247 Å². The molecule has 200 valence electrons. The van der Waals surface area contributed by atoms with Crippen LogP contribution in [0.1, 0.15) is 0 Å². The van der Waals surface area contributed by atoms with Crippen molar-refractivity contribution in [2.75, 3.05) is 0 Å². The van der Waals surface area contributed by atoms with Crippen LogP contribution in [-0.2, 0) is 0 Å². The Morgan fingerprint density at radius 3 is 1.77 bits per heavy atom. The molecule has 0 bridgehead atoms. The summed E-state index contributed by atoms with van der Waals surface area (Å²) < 4.78 is 2.38. The SMILES string of the molecule is c1ccc2c(-c3cc(-c4cncc5ccccc45)cc(-n4c5ccccc5c5c6ncccc6ccc54)c3)cncc2c1. The predicted octanol–water partition coefficient (Wildman–Crippen LogP) is 9.76. The van der Waals surface area contributed by atoms with E-state index in [1.165, 1.54) is 21.5 Å². The molecule has 9 aromatic rings. The number of benzene rings is 5. The summed E-state index contributed by atoms with van der Waals surface area (Å²) in [5, 5.41) is 8.08. The van der Waals surface area contributed by atoms with E-state index < -0.39 is 0 Å². The molecule has 0 aliphatic heterocycles. The van der Waals surface area contributed by atoms with Crippen molar-refractivity contribution in [3.8, 4) is 27.9 Å². The van der Waals surface area contributed by atoms with Crippen LogP contribution >= 0.6 is 0 Å². The van der Waals surface area contributed by atoms with Gasteiger partial charge in [-0.15, -0.1) is 0 Å². The van der Waals surface area contributed by atoms with Crippen LogP contribution in [0.2, 0.25) is 0 Å². The van der Waals surface area contributed by atoms with Crippen LogP contribution in [0.5, 0.6) is 0 Å². The largest absolute Gasteiger partial charge is 0.309 e. The van der Waals surface area contributed by atoms with Gasteiger partial charge in [-0.3, -0.25) is 15.0 Å². The van der Waals surface area contributed by atoms with Gasteiger partial charge in [-0.1, -0.05) is 78.9 Å². The van der Waals surface area contributed by atoms with E-state index in [1.54, 1.807) is 0 Å². The minimum absolute atomic E-state index is 1.02. The van der Waals surface area contributed by atoms with Crippen molar-refractivity contribution >= 4 is 54.3 Å². The number of hydrogen-bond donors (Lipinski definition) is 0. The first-order chi connectivity index (χ1) is 21.3. The summed E-state index contributed by atoms with van der Waals surface area (Å²) in [6, 6.07) is 40.9. The molecule has 5 aromatic carbocycles. The van der Waals surface area contributed by atoms with Crippen molar-refractivity contribution in [1.82, 2.24) is 19.5 Å². The van der Waals surface area contributed by atoms with Gasteiger partial charge in [0.1, 0.15) is 0 Å². The zero-order valence-corrected chi connectivity index (χ0v) is 23.1. The van der Waals surface area contributed by atoms with Gasteiger partial charge in [0.15, 0.2) is 0 Å². The van der Waals surface area contributed by atoms with Crippen LogP contribution in [0.3, 0.4) is 0 Å². The van der Waals surface area contributed by atoms with Crippen LogP contribution in [0.4, 0.5) is 0 Å². The number of para-hydroxylation sites is 1. The maximum Gasteiger partial charge on any atom is 0.0802 e. The molecule has 0 aliphatic rings. The predicted molar refractivity (Wildman–Crippen MR) is 178 cm³/mol. The first-order valence-electron chi connectivity index (χ1n) is 14.4. The van der Waals surface area contributed by atoms with E-state index in [2.05, 4.69) is 124 Å². The first kappa shape index (κ1) is 23.8. The van der Waals surface area contributed by atoms with E-state index in [0.717, 1.165) is 60.6 Å². The molecule has 4 aromatic heterocycles. The molecule has 0 radical (unpaired) electrons. The van der Waals surface area contributed by atoms with Gasteiger partial charge < -0.3 is 4.57 Å². The highest BCUT2D eigenvalue weighted by molar-refractivity contribution is 6.20. The Bertz CT molecular complexity index is 2420. The zero-order chi connectivity index (χ0) is 28.3. The summed E-state index contributed by atoms with van der Waals surface area (Å²) in [5.74, 6) is 0. The topological polar surface area (TPSA) is 43.6 Å². The fourth-order valence-electron chi connectivity index (χ4n) is 6.62. The summed E-state index contributed by atoms with van der Waals surface area (Å²) in [7, 11) is 0. The Balaban J connectivity index is 1.42. The maximum absolute atomic E-state index is 4.84. The summed E-state index contributed by atoms with van der Waals surface area (Å²) in [6.45, 7) is 0. The Morgan fingerprint density at radius 2 is 1.07 bits per heavy atom. The molecule has 0 saturated carbocycles. The highest BCUT2D eigenvalue weighted by atomic mass is 15.0. The molecule has 4 heteroatoms. The molecule has 0 spiro atoms. The number of nitrogens with zero attached hydrogens (tertiary/aromatic N) is 4. The lowest BCUT2D eigenvalue weighted by Crippen LogP contribution is -1.97. The van der Waals surface area contributed by atoms with E-state index in [-0.39, 0.29) is 0 Å². The molecule has 9 rings (SSSR count). The molecule has 4 heterocycles. The quantitative estimate of drug-likeness (QED) is 0.221. The van der Waals surface area contributed by atoms with Crippen molar-refractivity contribution in [2.45, 2.75) is 0 Å². The molecular weight excluding hydrogens is 524 g/mol. The van der Waals surface area contributed by atoms with Crippen LogP contribution in [0.15, 0.2) is 146 Å². The van der Waals surface area contributed by atoms with Gasteiger partial charge in [0, 0.05) is 74.7 Å². The van der Waals surface area contributed by atoms with Gasteiger partial charge in [-0.25, -0.2) is 0 Å². The van der Waals surface area contributed by atoms with Crippen molar-refractivity contribution in [1.29, 1.82) is 0 Å². The summed E-state index contributed by atoms with van der Waals surface area (Å²) >= 11 is 0. The lowest BCUT2D eigenvalue weighted by molar-refractivity contribution is 1.18. The van der Waals surface area contributed by atoms with Crippen LogP contribution in [-0.4, -0.2) is 19.5 Å². The highest BCUT2D eigenvalue weighted by Gasteiger charge is 2.18. The van der Waals surface area contributed by atoms with E-state index in [4.69, 9.17) is 4.98 Å². The lowest BCUT2D eigenvalue weighted by atomic mass is 9.94. The number of rotatable bonds is 3. The molecule has 0 unspecified atom stereocenters. The average Bonchev–Trinajstić information content (AvgIpc) is 3.42. The minimum atomic E-state index is 1.02. The maximum atomic E-state index is 4.84. The number of fused-ring (bicyclic) bond motifs is 7. The second kappa shape index (κ2) is 9.33. The molecule has 0 N–H and O–H groups in total. The average molecular weight is 549 g/mol. The van der Waals surface area contributed by atoms with Gasteiger partial charge in [-0.05, 0) is 58.3 Å². The smallest absolute Gasteiger partial charge is 0.0802 e. The second-order valence-corrected chi connectivity index (χ2v) is 11.0. The third-order valence-electron chi connectivity index (χ3n) is 8.54. The number of aromatic nitrogens is 4. The molecule has 43 heavy (non-hydrogen) atoms. The molecule has 0 saturated heterocycles. The first-order valence-corrected chi connectivity index (χ1v) is 14.4. The van der Waals surface area contributed by atoms with E-state index in [9.17, 15) is 0 Å². The fourth-order valence-corrected chi connectivity index (χ4v) is 6.62. The van der Waals surface area contributed by atoms with E-state index in [1.807, 2.05) is 37.1 Å². The van der Waals surface area contributed by atoms with Crippen molar-refractivity contribution < 1.29 is 0 Å². The Morgan fingerprint density at radius 1 is 0.465 bits per heavy atom. The highest BCUT2D eigenvalue weighted by Crippen LogP contribution is 2.40. The zero-order valence-electron chi connectivity index (χ0n) is 23.1. The minimum Gasteiger partial charge on any atom is -0.309 e. The Kier molecular flexibility index (Phi) is 5.16. The van der Waals surface area contributed by atoms with Crippen molar-refractivity contribution in [3.63, 3.8) is 0 Å². The molecule has 4 nitrogen and oxygen atoms in total. The lowest BCUT2D eigenvalue weighted by Gasteiger charge is -2.15. The fraction of sp³-hybridized carbons (Fsp3) is 0. The van der Waals surface area contributed by atoms with Gasteiger partial charge in [0.2, 0.25) is 0 Å². The molecule has 0 amide bonds. The molecule has 0 fully saturated rings. The van der Waals surface area contributed by atoms with E-state index in [0.29, 0.717) is 0 Å². The van der Waals surface area contributed by atoms with Crippen LogP contribution < -0.4 is 0 Å². The summed E-state index contributed by atoms with van der Waals surface area (Å²) in [4.78, 5) is 14.1. The normalized spacial score (nSPS) is 11.7. The monoisotopic (exact) mass is 548 g/mol. The van der Waals surface area contributed by atoms with Gasteiger partial charge in [-0.2, -0.15) is 0 Å². The Hall–Kier alpha value is -5.87. The van der Waals surface area contributed by atoms with Gasteiger partial charge >= 0.3 is 0 Å². The second-order valence-electron chi connectivity index (χ2n) is 11.0. The van der Waals surface area contributed by atoms with Crippen LogP contribution in [0, 0.1) is 0 Å². The molecule has 0 aliphatic carbocycles. The molecule has 0 atom stereocenters. The van der Waals surface area contributed by atoms with Crippen LogP contribution in [0.25, 0.3) is 82.2 Å². The van der Waals surface area contributed by atoms with Crippen molar-refractivity contribution in [2.24, 2.45) is 0 Å². The van der Waals surface area contributed by atoms with Gasteiger partial charge in [0.05, 0.1) is 16.6 Å².